The molecule has 0 bridgehead atoms. The second-order valence-electron chi connectivity index (χ2n) is 22.6. The van der Waals surface area contributed by atoms with Gasteiger partial charge in [-0.1, -0.05) is 91.0 Å². The van der Waals surface area contributed by atoms with Gasteiger partial charge in [0.2, 0.25) is 5.69 Å². The number of carbonyl (C=O) groups is 3. The number of hydrogen-bond acceptors (Lipinski definition) is 17. The van der Waals surface area contributed by atoms with Gasteiger partial charge in [0, 0.05) is 90.6 Å². The predicted molar refractivity (Wildman–Crippen MR) is 352 cm³/mol. The van der Waals surface area contributed by atoms with Crippen LogP contribution in [-0.2, 0) is 70.3 Å². The van der Waals surface area contributed by atoms with Crippen molar-refractivity contribution in [3.8, 4) is 0 Å². The number of hydrogen-bond donors (Lipinski definition) is 3. The first-order valence-corrected chi connectivity index (χ1v) is 37.2. The molecule has 2 aliphatic rings. The molecule has 0 saturated heterocycles. The Morgan fingerprint density at radius 1 is 0.653 bits per heavy atom. The van der Waals surface area contributed by atoms with E-state index in [0.29, 0.717) is 95.8 Å². The molecule has 5 aromatic rings. The first-order valence-electron chi connectivity index (χ1n) is 29.8. The molecule has 95 heavy (non-hydrogen) atoms. The van der Waals surface area contributed by atoms with Gasteiger partial charge in [0.25, 0.3) is 26.1 Å². The summed E-state index contributed by atoms with van der Waals surface area (Å²) < 4.78 is 159. The quantitative estimate of drug-likeness (QED) is 0.00840. The average Bonchev–Trinajstić information content (AvgIpc) is 1.60. The second kappa shape index (κ2) is 38.1. The summed E-state index contributed by atoms with van der Waals surface area (Å²) in [7, 11) is -17.0. The Morgan fingerprint density at radius 3 is 1.88 bits per heavy atom. The van der Waals surface area contributed by atoms with Crippen molar-refractivity contribution in [3.63, 3.8) is 0 Å². The van der Waals surface area contributed by atoms with Crippen LogP contribution >= 0.6 is 7.92 Å². The fraction of sp³-hybridized carbons (Fsp3) is 0.364. The zero-order chi connectivity index (χ0) is 66.9. The van der Waals surface area contributed by atoms with Crippen LogP contribution < -0.4 is 115 Å². The summed E-state index contributed by atoms with van der Waals surface area (Å²) in [4.78, 5) is 41.0. The van der Waals surface area contributed by atoms with Crippen LogP contribution in [0.5, 0.6) is 0 Å². The molecular formula is C66H77N3Na3O18PS4+2. The molecule has 21 nitrogen and oxygen atoms in total. The normalized spacial score (nSPS) is 16.9. The van der Waals surface area contributed by atoms with Crippen molar-refractivity contribution in [3.05, 3.63) is 186 Å². The maximum Gasteiger partial charge on any atom is 1.00 e. The number of fused-ring (bicyclic) bond motifs is 2. The number of nitrogens with zero attached hydrogens (tertiary/aromatic N) is 2. The Labute approximate surface area is 626 Å². The Bertz CT molecular complexity index is 4080. The van der Waals surface area contributed by atoms with Gasteiger partial charge in [-0.25, -0.2) is 21.6 Å². The van der Waals surface area contributed by atoms with E-state index < -0.39 is 81.6 Å². The van der Waals surface area contributed by atoms with E-state index >= 15 is 0 Å². The van der Waals surface area contributed by atoms with Crippen LogP contribution in [0.15, 0.2) is 173 Å². The van der Waals surface area contributed by atoms with Crippen molar-refractivity contribution in [2.24, 2.45) is 0 Å². The first kappa shape index (κ1) is 83.5. The van der Waals surface area contributed by atoms with E-state index in [-0.39, 0.29) is 163 Å². The minimum absolute atomic E-state index is 0. The monoisotopic (exact) mass is 1430 g/mol. The van der Waals surface area contributed by atoms with Gasteiger partial charge in [0.1, 0.15) is 22.4 Å². The minimum atomic E-state index is -4.94. The van der Waals surface area contributed by atoms with Gasteiger partial charge in [-0.2, -0.15) is 21.4 Å². The number of Topliss-reactive ketones (excluding diaryl/α,β-unsaturated/α-hetero) is 1. The molecule has 0 fully saturated rings. The number of unbranched alkanes of at least 4 members (excludes halogenated alkanes) is 2. The number of nitrogens with one attached hydrogen (secondary N) is 1. The van der Waals surface area contributed by atoms with Gasteiger partial charge in [0.15, 0.2) is 5.71 Å². The number of ketones is 1. The smallest absolute Gasteiger partial charge is 0.748 e. The van der Waals surface area contributed by atoms with Crippen molar-refractivity contribution in [1.29, 1.82) is 0 Å². The molecule has 2 atom stereocenters. The maximum atomic E-state index is 13.6. The van der Waals surface area contributed by atoms with Crippen molar-refractivity contribution in [2.45, 2.75) is 98.7 Å². The molecule has 1 amide bonds. The van der Waals surface area contributed by atoms with Crippen LogP contribution in [0.4, 0.5) is 11.4 Å². The summed E-state index contributed by atoms with van der Waals surface area (Å²) in [5.41, 5.74) is 1.90. The number of esters is 1. The van der Waals surface area contributed by atoms with E-state index in [0.717, 1.165) is 10.6 Å². The summed E-state index contributed by atoms with van der Waals surface area (Å²) in [6.45, 7) is 5.30. The van der Waals surface area contributed by atoms with Gasteiger partial charge in [0.05, 0.1) is 63.6 Å². The summed E-state index contributed by atoms with van der Waals surface area (Å²) in [6.07, 6.45) is 14.8. The van der Waals surface area contributed by atoms with Crippen LogP contribution in [0, 0.1) is 0 Å². The van der Waals surface area contributed by atoms with E-state index in [2.05, 4.69) is 5.32 Å². The zero-order valence-electron chi connectivity index (χ0n) is 54.6. The molecule has 3 N–H and O–H groups in total. The number of carbonyl (C=O) groups excluding carboxylic acids is 3. The number of ether oxygens (including phenoxy) is 3. The molecular weight excluding hydrogens is 1350 g/mol. The summed E-state index contributed by atoms with van der Waals surface area (Å²) in [6, 6.07) is 32.6. The molecule has 2 aliphatic heterocycles. The largest absolute Gasteiger partial charge is 1.00 e. The molecule has 2 unspecified atom stereocenters. The Hall–Kier alpha value is -3.87. The van der Waals surface area contributed by atoms with E-state index in [4.69, 9.17) is 14.2 Å². The molecule has 2 heterocycles. The minimum Gasteiger partial charge on any atom is -0.748 e. The van der Waals surface area contributed by atoms with Crippen LogP contribution in [0.25, 0.3) is 0 Å². The number of benzene rings is 5. The Balaban J connectivity index is 0.00000640. The van der Waals surface area contributed by atoms with Crippen molar-refractivity contribution >= 4 is 99.1 Å². The molecule has 29 heteroatoms. The summed E-state index contributed by atoms with van der Waals surface area (Å²) in [5.74, 6) is -2.15. The van der Waals surface area contributed by atoms with Crippen molar-refractivity contribution in [1.82, 2.24) is 5.32 Å². The van der Waals surface area contributed by atoms with E-state index in [1.54, 1.807) is 73.7 Å². The van der Waals surface area contributed by atoms with Crippen molar-refractivity contribution in [2.75, 3.05) is 70.1 Å². The van der Waals surface area contributed by atoms with Gasteiger partial charge in [-0.05, 0) is 137 Å². The number of amides is 1. The molecule has 0 saturated carbocycles. The zero-order valence-corrected chi connectivity index (χ0v) is 64.8. The second-order valence-corrected chi connectivity index (χ2v) is 30.7. The van der Waals surface area contributed by atoms with Gasteiger partial charge >= 0.3 is 94.6 Å². The number of methoxy groups -OCH3 is 2. The Morgan fingerprint density at radius 2 is 1.26 bits per heavy atom. The van der Waals surface area contributed by atoms with Crippen LogP contribution in [0.1, 0.15) is 110 Å². The van der Waals surface area contributed by atoms with E-state index in [1.807, 2.05) is 77.1 Å². The standard InChI is InChI=1S/C66H78N3O18PS4.3Na/c1-65(36-20-44-89(73,74)75)56-47-53(91(79,80)81)31-34-58(56)68(39-18-10-11-22-50(70)23-19-38-67-63(71)49-30-33-55(64(72)86-4)60(46-49)88(51-24-12-8-13-25-51)52-26-14-9-15-27-52)61(65)28-16-6-5-7-17-29-62-66(2,37-21-45-90(76,77)78)57-48-54(92(82,83)84)32-35-59(57)69(62)40-41-87-43-42-85-3;;;/h5-9,12-17,24-35,46-48H,10-11,18-23,36-45H2,1-4H3,(H4-,67,71,73,74,75,76,77,78,79,80,81,82,83,84);;;/q;3*+1/p-1. The molecule has 0 aromatic heterocycles. The number of anilines is 1. The molecule has 0 aliphatic carbocycles. The molecule has 494 valence electrons. The summed E-state index contributed by atoms with van der Waals surface area (Å²) >= 11 is 0. The van der Waals surface area contributed by atoms with Crippen LogP contribution in [-0.4, -0.2) is 145 Å². The Kier molecular flexibility index (Phi) is 33.5. The topological polar surface area (TPSA) is 320 Å². The number of allylic oxidation sites excluding steroid dienone is 8. The van der Waals surface area contributed by atoms with Crippen molar-refractivity contribution < 1.29 is 174 Å². The summed E-state index contributed by atoms with van der Waals surface area (Å²) in [5, 5.41) is 5.54. The molecule has 5 aromatic carbocycles. The third kappa shape index (κ3) is 23.4. The predicted octanol–water partition coefficient (Wildman–Crippen LogP) is -0.923. The average molecular weight is 1430 g/mol. The molecule has 0 spiro atoms. The fourth-order valence-corrected chi connectivity index (χ4v) is 16.2. The maximum absolute atomic E-state index is 13.6. The van der Waals surface area contributed by atoms with E-state index in [1.165, 1.54) is 44.6 Å². The SMILES string of the molecule is COCCOCCN1C(=CC=CC=CC=CC2=[N+](CCCCCC(=O)CCCNC(=O)c3ccc(C(=O)OC)c(P(c4ccccc4)c4ccccc4)c3)c3ccc(S(=O)(=O)[O-])cc3C2(C)CCCS(=O)(=O)[O-])C(C)(CCCS(=O)(=O)O)c2cc(S(=O)(=O)O)ccc21.[Na+].[Na+].[Na+]. The third-order valence-electron chi connectivity index (χ3n) is 16.2. The van der Waals surface area contributed by atoms with Gasteiger partial charge in [-0.15, -0.1) is 0 Å². The molecule has 0 radical (unpaired) electrons. The first-order chi connectivity index (χ1) is 43.6. The number of rotatable bonds is 35. The van der Waals surface area contributed by atoms with Gasteiger partial charge < -0.3 is 33.5 Å². The van der Waals surface area contributed by atoms with E-state index in [9.17, 15) is 66.3 Å². The van der Waals surface area contributed by atoms with Crippen LogP contribution in [0.2, 0.25) is 0 Å². The van der Waals surface area contributed by atoms with Crippen LogP contribution in [0.3, 0.4) is 0 Å². The molecule has 7 rings (SSSR count). The third-order valence-corrected chi connectivity index (χ3v) is 21.9. The fourth-order valence-electron chi connectivity index (χ4n) is 11.7. The van der Waals surface area contributed by atoms with Gasteiger partial charge in [-0.3, -0.25) is 18.7 Å².